The van der Waals surface area contributed by atoms with Gasteiger partial charge in [0.1, 0.15) is 0 Å². The first-order valence-corrected chi connectivity index (χ1v) is 2.71. The van der Waals surface area contributed by atoms with Gasteiger partial charge in [0.15, 0.2) is 0 Å². The molecule has 0 saturated carbocycles. The highest BCUT2D eigenvalue weighted by molar-refractivity contribution is 4.25. The Kier molecular flexibility index (Phi) is 3.77. The lowest BCUT2D eigenvalue weighted by atomic mass is 10.8. The molecule has 0 aliphatic heterocycles. The van der Waals surface area contributed by atoms with Crippen LogP contribution in [-0.4, -0.2) is 37.9 Å². The number of hydrogen-bond acceptors (Lipinski definition) is 3. The van der Waals surface area contributed by atoms with E-state index >= 15 is 0 Å². The molecule has 0 bridgehead atoms. The van der Waals surface area contributed by atoms with Crippen LogP contribution in [0.3, 0.4) is 0 Å². The van der Waals surface area contributed by atoms with E-state index in [0.717, 1.165) is 6.54 Å². The molecule has 0 aliphatic carbocycles. The third-order valence-electron chi connectivity index (χ3n) is 0.927. The molecule has 3 heteroatoms. The van der Waals surface area contributed by atoms with Gasteiger partial charge in [-0.25, -0.2) is 5.01 Å². The van der Waals surface area contributed by atoms with E-state index in [9.17, 15) is 0 Å². The van der Waals surface area contributed by atoms with E-state index in [1.807, 2.05) is 26.0 Å². The van der Waals surface area contributed by atoms with Gasteiger partial charge in [0.2, 0.25) is 0 Å². The van der Waals surface area contributed by atoms with Gasteiger partial charge in [0, 0.05) is 20.6 Å². The van der Waals surface area contributed by atoms with E-state index in [4.69, 9.17) is 4.84 Å². The molecular weight excluding hydrogens is 104 g/mol. The fourth-order valence-electron chi connectivity index (χ4n) is 0.575. The highest BCUT2D eigenvalue weighted by atomic mass is 16.7. The summed E-state index contributed by atoms with van der Waals surface area (Å²) in [6.07, 6.45) is 0. The molecule has 0 aliphatic rings. The summed E-state index contributed by atoms with van der Waals surface area (Å²) in [6.45, 7) is 2.91. The van der Waals surface area contributed by atoms with Crippen molar-refractivity contribution in [2.24, 2.45) is 0 Å². The summed E-state index contributed by atoms with van der Waals surface area (Å²) in [5.41, 5.74) is 0. The quantitative estimate of drug-likeness (QED) is 0.497. The van der Waals surface area contributed by atoms with Crippen LogP contribution in [0.25, 0.3) is 0 Å². The fourth-order valence-corrected chi connectivity index (χ4v) is 0.575. The van der Waals surface area contributed by atoms with Gasteiger partial charge in [0.25, 0.3) is 0 Å². The van der Waals surface area contributed by atoms with Crippen molar-refractivity contribution in [1.29, 1.82) is 0 Å². The first kappa shape index (κ1) is 7.88. The normalized spacial score (nSPS) is 11.2. The van der Waals surface area contributed by atoms with Crippen molar-refractivity contribution in [2.45, 2.75) is 6.92 Å². The summed E-state index contributed by atoms with van der Waals surface area (Å²) in [6, 6.07) is 0. The van der Waals surface area contributed by atoms with E-state index in [2.05, 4.69) is 0 Å². The Bertz CT molecular complexity index is 52.4. The molecule has 0 spiro atoms. The van der Waals surface area contributed by atoms with Crippen LogP contribution >= 0.6 is 0 Å². The molecule has 0 atom stereocenters. The van der Waals surface area contributed by atoms with E-state index < -0.39 is 0 Å². The van der Waals surface area contributed by atoms with Gasteiger partial charge >= 0.3 is 0 Å². The Morgan fingerprint density at radius 3 is 1.88 bits per heavy atom. The minimum atomic E-state index is 0.878. The molecular formula is C5H14N2O. The van der Waals surface area contributed by atoms with Crippen LogP contribution < -0.4 is 0 Å². The predicted molar refractivity (Wildman–Crippen MR) is 33.1 cm³/mol. The Hall–Kier alpha value is -0.120. The molecule has 0 fully saturated rings. The molecule has 3 nitrogen and oxygen atoms in total. The molecule has 50 valence electrons. The third kappa shape index (κ3) is 2.26. The Labute approximate surface area is 50.8 Å². The first-order valence-electron chi connectivity index (χ1n) is 2.71. The Morgan fingerprint density at radius 2 is 1.88 bits per heavy atom. The standard InChI is InChI=1S/C5H14N2O/c1-5-7(8-4)6(2)3/h5H2,1-4H3. The van der Waals surface area contributed by atoms with Crippen molar-refractivity contribution in [3.8, 4) is 0 Å². The second-order valence-electron chi connectivity index (χ2n) is 1.70. The summed E-state index contributed by atoms with van der Waals surface area (Å²) in [4.78, 5) is 4.92. The molecule has 0 rings (SSSR count). The van der Waals surface area contributed by atoms with E-state index in [1.54, 1.807) is 12.3 Å². The highest BCUT2D eigenvalue weighted by Gasteiger charge is 1.98. The van der Waals surface area contributed by atoms with Crippen molar-refractivity contribution < 1.29 is 4.84 Å². The summed E-state index contributed by atoms with van der Waals surface area (Å²) in [7, 11) is 5.53. The number of hydrazine groups is 1. The van der Waals surface area contributed by atoms with Crippen LogP contribution in [-0.2, 0) is 4.84 Å². The van der Waals surface area contributed by atoms with E-state index in [0.29, 0.717) is 0 Å². The van der Waals surface area contributed by atoms with Crippen molar-refractivity contribution in [1.82, 2.24) is 10.2 Å². The Morgan fingerprint density at radius 1 is 1.38 bits per heavy atom. The minimum absolute atomic E-state index is 0.878. The first-order chi connectivity index (χ1) is 3.72. The van der Waals surface area contributed by atoms with Crippen LogP contribution in [0.4, 0.5) is 0 Å². The topological polar surface area (TPSA) is 15.7 Å². The monoisotopic (exact) mass is 118 g/mol. The predicted octanol–water partition coefficient (Wildman–Crippen LogP) is 0.346. The van der Waals surface area contributed by atoms with Gasteiger partial charge in [-0.3, -0.25) is 4.84 Å². The number of hydrogen-bond donors (Lipinski definition) is 0. The third-order valence-corrected chi connectivity index (χ3v) is 0.927. The molecule has 0 amide bonds. The molecule has 0 aromatic heterocycles. The molecule has 0 aromatic carbocycles. The van der Waals surface area contributed by atoms with E-state index in [1.165, 1.54) is 0 Å². The van der Waals surface area contributed by atoms with Gasteiger partial charge < -0.3 is 0 Å². The summed E-state index contributed by atoms with van der Waals surface area (Å²) in [5, 5.41) is 3.64. The maximum Gasteiger partial charge on any atom is 0.0591 e. The van der Waals surface area contributed by atoms with Gasteiger partial charge in [-0.05, 0) is 6.92 Å². The number of hydroxylamine groups is 1. The largest absolute Gasteiger partial charge is 0.287 e. The average molecular weight is 118 g/mol. The highest BCUT2D eigenvalue weighted by Crippen LogP contribution is 1.87. The number of nitrogens with zero attached hydrogens (tertiary/aromatic N) is 2. The zero-order valence-electron chi connectivity index (χ0n) is 6.01. The van der Waals surface area contributed by atoms with Crippen LogP contribution in [0.1, 0.15) is 6.92 Å². The van der Waals surface area contributed by atoms with Crippen molar-refractivity contribution >= 4 is 0 Å². The second kappa shape index (κ2) is 3.83. The van der Waals surface area contributed by atoms with Gasteiger partial charge in [0.05, 0.1) is 7.11 Å². The van der Waals surface area contributed by atoms with Crippen molar-refractivity contribution in [2.75, 3.05) is 27.7 Å². The maximum absolute atomic E-state index is 4.92. The zero-order valence-corrected chi connectivity index (χ0v) is 6.01. The van der Waals surface area contributed by atoms with E-state index in [-0.39, 0.29) is 0 Å². The number of rotatable bonds is 3. The molecule has 8 heavy (non-hydrogen) atoms. The lowest BCUT2D eigenvalue weighted by molar-refractivity contribution is -0.246. The van der Waals surface area contributed by atoms with Gasteiger partial charge in [-0.1, -0.05) is 0 Å². The fraction of sp³-hybridized carbons (Fsp3) is 1.00. The van der Waals surface area contributed by atoms with Crippen LogP contribution in [0.15, 0.2) is 0 Å². The molecule has 0 unspecified atom stereocenters. The Balaban J connectivity index is 3.35. The van der Waals surface area contributed by atoms with Gasteiger partial charge in [-0.2, -0.15) is 0 Å². The van der Waals surface area contributed by atoms with Crippen molar-refractivity contribution in [3.05, 3.63) is 0 Å². The van der Waals surface area contributed by atoms with Gasteiger partial charge in [-0.15, -0.1) is 5.17 Å². The zero-order chi connectivity index (χ0) is 6.57. The lowest BCUT2D eigenvalue weighted by Gasteiger charge is -2.23. The summed E-state index contributed by atoms with van der Waals surface area (Å²) in [5.74, 6) is 0. The lowest BCUT2D eigenvalue weighted by Crippen LogP contribution is -2.35. The van der Waals surface area contributed by atoms with Crippen LogP contribution in [0.2, 0.25) is 0 Å². The molecule has 0 N–H and O–H groups in total. The molecule has 0 radical (unpaired) electrons. The van der Waals surface area contributed by atoms with Crippen LogP contribution in [0, 0.1) is 0 Å². The SMILES string of the molecule is CCN(OC)N(C)C. The minimum Gasteiger partial charge on any atom is -0.287 e. The molecule has 0 saturated heterocycles. The summed E-state index contributed by atoms with van der Waals surface area (Å²) >= 11 is 0. The second-order valence-corrected chi connectivity index (χ2v) is 1.70. The maximum atomic E-state index is 4.92. The summed E-state index contributed by atoms with van der Waals surface area (Å²) < 4.78 is 0. The molecule has 0 heterocycles. The van der Waals surface area contributed by atoms with Crippen LogP contribution in [0.5, 0.6) is 0 Å². The molecule has 0 aromatic rings. The van der Waals surface area contributed by atoms with Crippen molar-refractivity contribution in [3.63, 3.8) is 0 Å². The average Bonchev–Trinajstić information content (AvgIpc) is 1.69. The smallest absolute Gasteiger partial charge is 0.0591 e.